The lowest BCUT2D eigenvalue weighted by atomic mass is 10.2. The number of carbonyl (C=O) groups excluding carboxylic acids is 1. The largest absolute Gasteiger partial charge is 0.497 e. The van der Waals surface area contributed by atoms with Gasteiger partial charge in [-0.25, -0.2) is 9.97 Å². The van der Waals surface area contributed by atoms with Crippen LogP contribution >= 0.6 is 0 Å². The van der Waals surface area contributed by atoms with Crippen molar-refractivity contribution in [2.45, 2.75) is 6.54 Å². The Morgan fingerprint density at radius 2 is 1.96 bits per heavy atom. The molecule has 0 spiro atoms. The number of benzene rings is 1. The van der Waals surface area contributed by atoms with E-state index in [1.165, 1.54) is 0 Å². The molecule has 3 rings (SSSR count). The fourth-order valence-electron chi connectivity index (χ4n) is 2.27. The van der Waals surface area contributed by atoms with Crippen molar-refractivity contribution in [1.82, 2.24) is 15.3 Å². The normalized spacial score (nSPS) is 10.4. The van der Waals surface area contributed by atoms with Crippen LogP contribution in [0.4, 0.5) is 0 Å². The smallest absolute Gasteiger partial charge is 0.270 e. The zero-order valence-electron chi connectivity index (χ0n) is 13.4. The Balaban J connectivity index is 1.70. The van der Waals surface area contributed by atoms with Gasteiger partial charge in [0.05, 0.1) is 19.7 Å². The van der Waals surface area contributed by atoms with Crippen molar-refractivity contribution in [3.05, 3.63) is 59.9 Å². The van der Waals surface area contributed by atoms with Gasteiger partial charge in [0, 0.05) is 24.2 Å². The molecule has 2 heterocycles. The molecule has 3 aromatic rings. The van der Waals surface area contributed by atoms with Crippen LogP contribution in [0.3, 0.4) is 0 Å². The van der Waals surface area contributed by atoms with Crippen LogP contribution in [-0.2, 0) is 6.54 Å². The first-order valence-corrected chi connectivity index (χ1v) is 7.41. The molecule has 2 aromatic heterocycles. The highest BCUT2D eigenvalue weighted by molar-refractivity contribution is 5.95. The number of nitrogens with one attached hydrogen (secondary N) is 1. The van der Waals surface area contributed by atoms with Gasteiger partial charge in [-0.3, -0.25) is 4.79 Å². The van der Waals surface area contributed by atoms with Crippen molar-refractivity contribution >= 4 is 16.8 Å². The predicted octanol–water partition coefficient (Wildman–Crippen LogP) is 2.58. The van der Waals surface area contributed by atoms with E-state index in [1.807, 2.05) is 30.3 Å². The maximum absolute atomic E-state index is 12.3. The van der Waals surface area contributed by atoms with E-state index >= 15 is 0 Å². The van der Waals surface area contributed by atoms with Crippen molar-refractivity contribution < 1.29 is 14.3 Å². The number of carbonyl (C=O) groups is 1. The minimum atomic E-state index is -0.233. The summed E-state index contributed by atoms with van der Waals surface area (Å²) < 4.78 is 10.2. The van der Waals surface area contributed by atoms with Crippen LogP contribution in [0.2, 0.25) is 0 Å². The van der Waals surface area contributed by atoms with E-state index in [1.54, 1.807) is 32.5 Å². The summed E-state index contributed by atoms with van der Waals surface area (Å²) in [5.74, 6) is 1.06. The van der Waals surface area contributed by atoms with Gasteiger partial charge in [0.25, 0.3) is 5.91 Å². The Bertz CT molecular complexity index is 863. The van der Waals surface area contributed by atoms with Gasteiger partial charge >= 0.3 is 0 Å². The van der Waals surface area contributed by atoms with E-state index in [0.717, 1.165) is 22.2 Å². The van der Waals surface area contributed by atoms with Gasteiger partial charge in [-0.1, -0.05) is 12.1 Å². The van der Waals surface area contributed by atoms with Crippen molar-refractivity contribution in [3.63, 3.8) is 0 Å². The zero-order valence-corrected chi connectivity index (χ0v) is 13.4. The van der Waals surface area contributed by atoms with Crippen molar-refractivity contribution in [2.75, 3.05) is 14.2 Å². The monoisotopic (exact) mass is 323 g/mol. The molecule has 0 radical (unpaired) electrons. The Morgan fingerprint density at radius 3 is 2.67 bits per heavy atom. The molecule has 24 heavy (non-hydrogen) atoms. The summed E-state index contributed by atoms with van der Waals surface area (Å²) in [6, 6.07) is 12.7. The maximum atomic E-state index is 12.3. The van der Waals surface area contributed by atoms with Gasteiger partial charge in [0.1, 0.15) is 11.4 Å². The molecule has 0 bridgehead atoms. The minimum Gasteiger partial charge on any atom is -0.497 e. The molecule has 6 heteroatoms. The minimum absolute atomic E-state index is 0.233. The topological polar surface area (TPSA) is 73.3 Å². The molecular formula is C18H17N3O3. The molecule has 0 aliphatic carbocycles. The molecule has 0 saturated carbocycles. The zero-order chi connectivity index (χ0) is 16.9. The van der Waals surface area contributed by atoms with Gasteiger partial charge < -0.3 is 14.8 Å². The van der Waals surface area contributed by atoms with Crippen LogP contribution in [-0.4, -0.2) is 30.1 Å². The van der Waals surface area contributed by atoms with E-state index in [-0.39, 0.29) is 5.91 Å². The van der Waals surface area contributed by atoms with Crippen molar-refractivity contribution in [3.8, 4) is 11.6 Å². The summed E-state index contributed by atoms with van der Waals surface area (Å²) in [5, 5.41) is 3.75. The van der Waals surface area contributed by atoms with Crippen molar-refractivity contribution in [1.29, 1.82) is 0 Å². The summed E-state index contributed by atoms with van der Waals surface area (Å²) in [4.78, 5) is 20.8. The first-order chi connectivity index (χ1) is 11.7. The average molecular weight is 323 g/mol. The van der Waals surface area contributed by atoms with E-state index in [2.05, 4.69) is 15.3 Å². The predicted molar refractivity (Wildman–Crippen MR) is 90.3 cm³/mol. The number of rotatable bonds is 5. The fraction of sp³-hybridized carbons (Fsp3) is 0.167. The van der Waals surface area contributed by atoms with Crippen LogP contribution in [0.25, 0.3) is 10.9 Å². The SMILES string of the molecule is COc1ccc2nc(C(=O)NCc3ccc(OC)nc3)ccc2c1. The second-order valence-corrected chi connectivity index (χ2v) is 5.15. The van der Waals surface area contributed by atoms with Gasteiger partial charge in [-0.05, 0) is 29.8 Å². The summed E-state index contributed by atoms with van der Waals surface area (Å²) in [7, 11) is 3.18. The number of nitrogens with zero attached hydrogens (tertiary/aromatic N) is 2. The van der Waals surface area contributed by atoms with E-state index < -0.39 is 0 Å². The van der Waals surface area contributed by atoms with Gasteiger partial charge in [-0.2, -0.15) is 0 Å². The van der Waals surface area contributed by atoms with Crippen LogP contribution in [0.15, 0.2) is 48.7 Å². The van der Waals surface area contributed by atoms with Crippen molar-refractivity contribution in [2.24, 2.45) is 0 Å². The van der Waals surface area contributed by atoms with Crippen LogP contribution < -0.4 is 14.8 Å². The molecule has 1 aromatic carbocycles. The average Bonchev–Trinajstić information content (AvgIpc) is 2.65. The fourth-order valence-corrected chi connectivity index (χ4v) is 2.27. The summed E-state index contributed by atoms with van der Waals surface area (Å²) >= 11 is 0. The van der Waals surface area contributed by atoms with Gasteiger partial charge in [-0.15, -0.1) is 0 Å². The third-order valence-corrected chi connectivity index (χ3v) is 3.59. The lowest BCUT2D eigenvalue weighted by molar-refractivity contribution is 0.0946. The number of aromatic nitrogens is 2. The quantitative estimate of drug-likeness (QED) is 0.781. The highest BCUT2D eigenvalue weighted by Gasteiger charge is 2.08. The first kappa shape index (κ1) is 15.7. The molecule has 0 unspecified atom stereocenters. The number of fused-ring (bicyclic) bond motifs is 1. The Kier molecular flexibility index (Phi) is 4.56. The van der Waals surface area contributed by atoms with E-state index in [0.29, 0.717) is 18.1 Å². The molecule has 1 N–H and O–H groups in total. The van der Waals surface area contributed by atoms with E-state index in [9.17, 15) is 4.79 Å². The molecule has 0 atom stereocenters. The molecule has 122 valence electrons. The number of ether oxygens (including phenoxy) is 2. The molecule has 1 amide bonds. The molecule has 0 aliphatic rings. The van der Waals surface area contributed by atoms with Crippen LogP contribution in [0.5, 0.6) is 11.6 Å². The Hall–Kier alpha value is -3.15. The number of pyridine rings is 2. The number of hydrogen-bond donors (Lipinski definition) is 1. The van der Waals surface area contributed by atoms with E-state index in [4.69, 9.17) is 9.47 Å². The molecule has 6 nitrogen and oxygen atoms in total. The third-order valence-electron chi connectivity index (χ3n) is 3.59. The summed E-state index contributed by atoms with van der Waals surface area (Å²) in [6.07, 6.45) is 1.67. The highest BCUT2D eigenvalue weighted by Crippen LogP contribution is 2.19. The number of methoxy groups -OCH3 is 2. The summed E-state index contributed by atoms with van der Waals surface area (Å²) in [5.41, 5.74) is 2.00. The molecule has 0 aliphatic heterocycles. The molecule has 0 saturated heterocycles. The van der Waals surface area contributed by atoms with Crippen LogP contribution in [0.1, 0.15) is 16.1 Å². The molecule has 0 fully saturated rings. The maximum Gasteiger partial charge on any atom is 0.270 e. The Morgan fingerprint density at radius 1 is 1.08 bits per heavy atom. The summed E-state index contributed by atoms with van der Waals surface area (Å²) in [6.45, 7) is 0.373. The van der Waals surface area contributed by atoms with Crippen LogP contribution in [0, 0.1) is 0 Å². The van der Waals surface area contributed by atoms with Gasteiger partial charge in [0.15, 0.2) is 0 Å². The lowest BCUT2D eigenvalue weighted by Gasteiger charge is -2.07. The Labute approximate surface area is 139 Å². The first-order valence-electron chi connectivity index (χ1n) is 7.41. The highest BCUT2D eigenvalue weighted by atomic mass is 16.5. The number of hydrogen-bond acceptors (Lipinski definition) is 5. The lowest BCUT2D eigenvalue weighted by Crippen LogP contribution is -2.23. The third kappa shape index (κ3) is 3.43. The molecular weight excluding hydrogens is 306 g/mol. The second kappa shape index (κ2) is 6.95. The second-order valence-electron chi connectivity index (χ2n) is 5.15. The van der Waals surface area contributed by atoms with Gasteiger partial charge in [0.2, 0.25) is 5.88 Å². The number of amides is 1. The standard InChI is InChI=1S/C18H17N3O3/c1-23-14-5-7-15-13(9-14)4-6-16(21-15)18(22)20-11-12-3-8-17(24-2)19-10-12/h3-10H,11H2,1-2H3,(H,20,22).